The largest absolute Gasteiger partial charge is 1.00 e. The zero-order chi connectivity index (χ0) is 10.9. The van der Waals surface area contributed by atoms with Gasteiger partial charge in [0, 0.05) is 23.2 Å². The molecule has 0 bridgehead atoms. The van der Waals surface area contributed by atoms with Crippen LogP contribution < -0.4 is 40.3 Å². The summed E-state index contributed by atoms with van der Waals surface area (Å²) in [6.07, 6.45) is 1.72. The van der Waals surface area contributed by atoms with Gasteiger partial charge in [0.25, 0.3) is 0 Å². The van der Waals surface area contributed by atoms with Gasteiger partial charge in [-0.05, 0) is 18.2 Å². The molecule has 84 valence electrons. The smallest absolute Gasteiger partial charge is 0.691 e. The molecular weight excluding hydrogens is 265 g/mol. The molecule has 1 aromatic carbocycles. The van der Waals surface area contributed by atoms with Crippen LogP contribution in [0.2, 0.25) is 0 Å². The molecule has 16 heavy (non-hydrogen) atoms. The van der Waals surface area contributed by atoms with E-state index in [-0.39, 0.29) is 29.6 Å². The first-order valence-electron chi connectivity index (χ1n) is 3.72. The number of nitrogens with one attached hydrogen (secondary N) is 1. The van der Waals surface area contributed by atoms with Crippen LogP contribution in [0.1, 0.15) is 0 Å². The summed E-state index contributed by atoms with van der Waals surface area (Å²) in [7, 11) is 0. The van der Waals surface area contributed by atoms with Crippen LogP contribution in [-0.2, 0) is 18.7 Å². The van der Waals surface area contributed by atoms with E-state index in [1.54, 1.807) is 30.5 Å². The molecule has 1 N–H and O–H groups in total. The molecule has 9 heteroatoms. The summed E-state index contributed by atoms with van der Waals surface area (Å²) in [6.45, 7) is 0. The van der Waals surface area contributed by atoms with E-state index in [0.29, 0.717) is 10.6 Å². The number of hydrogen-bond donors (Lipinski definition) is 1. The van der Waals surface area contributed by atoms with Crippen LogP contribution in [0.25, 0.3) is 0 Å². The Morgan fingerprint density at radius 3 is 2.81 bits per heavy atom. The number of benzene rings is 1. The van der Waals surface area contributed by atoms with E-state index in [1.165, 1.54) is 0 Å². The predicted molar refractivity (Wildman–Crippen MR) is 53.8 cm³/mol. The van der Waals surface area contributed by atoms with Crippen molar-refractivity contribution in [1.29, 1.82) is 0 Å². The Hall–Kier alpha value is 0.520. The minimum absolute atomic E-state index is 0. The molecule has 0 aliphatic rings. The third-order valence-corrected chi connectivity index (χ3v) is 2.03. The van der Waals surface area contributed by atoms with Gasteiger partial charge in [0.1, 0.15) is 0 Å². The van der Waals surface area contributed by atoms with E-state index >= 15 is 0 Å². The zero-order valence-corrected chi connectivity index (χ0v) is 12.3. The topological polar surface area (TPSA) is 72.0 Å². The van der Waals surface area contributed by atoms with Gasteiger partial charge < -0.3 is 5.26 Å². The maximum absolute atomic E-state index is 9.59. The maximum atomic E-state index is 9.59. The normalized spacial score (nSPS) is 9.62. The quantitative estimate of drug-likeness (QED) is 0.211. The third-order valence-electron chi connectivity index (χ3n) is 1.25. The summed E-state index contributed by atoms with van der Waals surface area (Å²) < 4.78 is 8.71. The zero-order valence-electron chi connectivity index (χ0n) is 8.67. The van der Waals surface area contributed by atoms with Crippen LogP contribution in [0.15, 0.2) is 29.2 Å². The van der Waals surface area contributed by atoms with Crippen LogP contribution in [0.3, 0.4) is 0 Å². The van der Waals surface area contributed by atoms with Gasteiger partial charge in [0.2, 0.25) is 0 Å². The first kappa shape index (κ1) is 16.5. The molecule has 0 spiro atoms. The van der Waals surface area contributed by atoms with Crippen molar-refractivity contribution in [2.45, 2.75) is 4.90 Å². The molecule has 0 radical (unpaired) electrons. The summed E-state index contributed by atoms with van der Waals surface area (Å²) in [5.41, 5.74) is 3.19. The van der Waals surface area contributed by atoms with Gasteiger partial charge in [0.05, 0.1) is 17.7 Å². The minimum atomic E-state index is 0. The fraction of sp³-hybridized carbons (Fsp3) is 0.143. The number of anilines is 1. The Bertz CT molecular complexity index is 293. The van der Waals surface area contributed by atoms with Gasteiger partial charge in [-0.2, -0.15) is 4.33 Å². The van der Waals surface area contributed by atoms with Crippen LogP contribution in [0, 0.1) is 0 Å². The molecule has 6 nitrogen and oxygen atoms in total. The average Bonchev–Trinajstić information content (AvgIpc) is 2.27. The first-order valence-corrected chi connectivity index (χ1v) is 5.61. The molecular formula is C7H8NNaO5S2. The van der Waals surface area contributed by atoms with Gasteiger partial charge >= 0.3 is 29.6 Å². The van der Waals surface area contributed by atoms with Crippen molar-refractivity contribution in [1.82, 2.24) is 0 Å². The Balaban J connectivity index is 0.00000225. The molecule has 0 saturated carbocycles. The monoisotopic (exact) mass is 273 g/mol. The molecule has 1 rings (SSSR count). The Morgan fingerprint density at radius 1 is 1.31 bits per heavy atom. The van der Waals surface area contributed by atoms with Crippen LogP contribution >= 0.6 is 24.1 Å². The molecule has 0 fully saturated rings. The summed E-state index contributed by atoms with van der Waals surface area (Å²) in [4.78, 5) is 5.28. The molecule has 0 aliphatic carbocycles. The van der Waals surface area contributed by atoms with Gasteiger partial charge in [-0.15, -0.1) is 9.32 Å². The summed E-state index contributed by atoms with van der Waals surface area (Å²) in [5.74, 6) is 0. The van der Waals surface area contributed by atoms with Crippen LogP contribution in [0.5, 0.6) is 0 Å². The van der Waals surface area contributed by atoms with Crippen molar-refractivity contribution in [2.24, 2.45) is 0 Å². The third kappa shape index (κ3) is 6.97. The fourth-order valence-corrected chi connectivity index (χ4v) is 1.28. The van der Waals surface area contributed by atoms with Crippen molar-refractivity contribution < 1.29 is 53.5 Å². The van der Waals surface area contributed by atoms with Gasteiger partial charge in [-0.3, -0.25) is 5.04 Å². The molecule has 0 aromatic heterocycles. The van der Waals surface area contributed by atoms with E-state index in [2.05, 4.69) is 24.2 Å². The molecule has 0 amide bonds. The fourth-order valence-electron chi connectivity index (χ4n) is 0.764. The van der Waals surface area contributed by atoms with Crippen molar-refractivity contribution in [3.8, 4) is 0 Å². The van der Waals surface area contributed by atoms with E-state index in [9.17, 15) is 5.26 Å². The SMILES string of the molecule is CSOONc1cccc(SOO[O-])c1.[Na+]. The number of hydrogen-bond acceptors (Lipinski definition) is 8. The molecule has 0 atom stereocenters. The second-order valence-corrected chi connectivity index (χ2v) is 3.41. The Kier molecular flexibility index (Phi) is 11.0. The van der Waals surface area contributed by atoms with E-state index in [4.69, 9.17) is 0 Å². The van der Waals surface area contributed by atoms with Crippen LogP contribution in [-0.4, -0.2) is 6.26 Å². The van der Waals surface area contributed by atoms with Gasteiger partial charge in [-0.1, -0.05) is 6.07 Å². The molecule has 0 saturated heterocycles. The molecule has 0 heterocycles. The predicted octanol–water partition coefficient (Wildman–Crippen LogP) is -1.53. The minimum Gasteiger partial charge on any atom is -0.691 e. The Labute approximate surface area is 123 Å². The maximum Gasteiger partial charge on any atom is 1.00 e. The van der Waals surface area contributed by atoms with Crippen molar-refractivity contribution in [3.63, 3.8) is 0 Å². The van der Waals surface area contributed by atoms with Gasteiger partial charge in [-0.25, -0.2) is 5.48 Å². The van der Waals surface area contributed by atoms with Crippen molar-refractivity contribution in [2.75, 3.05) is 11.7 Å². The summed E-state index contributed by atoms with van der Waals surface area (Å²) >= 11 is 1.86. The summed E-state index contributed by atoms with van der Waals surface area (Å²) in [6, 6.07) is 6.94. The van der Waals surface area contributed by atoms with Crippen molar-refractivity contribution >= 4 is 29.8 Å². The second-order valence-electron chi connectivity index (χ2n) is 2.17. The molecule has 1 aromatic rings. The second kappa shape index (κ2) is 10.7. The summed E-state index contributed by atoms with van der Waals surface area (Å²) in [5, 5.41) is 12.8. The molecule has 0 aliphatic heterocycles. The number of rotatable bonds is 7. The van der Waals surface area contributed by atoms with Gasteiger partial charge in [0.15, 0.2) is 0 Å². The Morgan fingerprint density at radius 2 is 2.12 bits per heavy atom. The standard InChI is InChI=1S/C7H9NO5S2.Na/c1-14-12-10-8-6-3-2-4-7(5-6)15-13-11-9;/h2-5,8-9H,1H3;/q;+1/p-1. The van der Waals surface area contributed by atoms with E-state index in [0.717, 1.165) is 24.1 Å². The van der Waals surface area contributed by atoms with E-state index in [1.807, 2.05) is 0 Å². The van der Waals surface area contributed by atoms with Crippen molar-refractivity contribution in [3.05, 3.63) is 24.3 Å². The average molecular weight is 273 g/mol. The van der Waals surface area contributed by atoms with Crippen LogP contribution in [0.4, 0.5) is 5.69 Å². The molecule has 0 unspecified atom stereocenters. The van der Waals surface area contributed by atoms with E-state index < -0.39 is 0 Å². The first-order chi connectivity index (χ1) is 7.36.